The van der Waals surface area contributed by atoms with E-state index in [-0.39, 0.29) is 5.91 Å². The van der Waals surface area contributed by atoms with Crippen molar-refractivity contribution < 1.29 is 4.79 Å². The van der Waals surface area contributed by atoms with Crippen LogP contribution in [0.1, 0.15) is 54.6 Å². The number of hydrogen-bond acceptors (Lipinski definition) is 5. The highest BCUT2D eigenvalue weighted by Gasteiger charge is 2.53. The molecule has 5 nitrogen and oxygen atoms in total. The molecule has 1 aromatic rings. The molecule has 114 valence electrons. The van der Waals surface area contributed by atoms with Crippen LogP contribution in [0.15, 0.2) is 0 Å². The minimum atomic E-state index is -0.0569. The Morgan fingerprint density at radius 3 is 2.67 bits per heavy atom. The van der Waals surface area contributed by atoms with Crippen LogP contribution in [0, 0.1) is 11.3 Å². The number of nitrogen functional groups attached to an aromatic ring is 1. The third-order valence-corrected chi connectivity index (χ3v) is 6.23. The second kappa shape index (κ2) is 4.87. The molecule has 3 aliphatic carbocycles. The molecule has 1 heterocycles. The number of nitrogens with zero attached hydrogens (tertiary/aromatic N) is 1. The van der Waals surface area contributed by atoms with Gasteiger partial charge in [0.1, 0.15) is 10.7 Å². The summed E-state index contributed by atoms with van der Waals surface area (Å²) in [7, 11) is 0. The summed E-state index contributed by atoms with van der Waals surface area (Å²) in [5.74, 6) is 1.15. The van der Waals surface area contributed by atoms with Gasteiger partial charge in [0.25, 0.3) is 5.91 Å². The van der Waals surface area contributed by atoms with Crippen LogP contribution in [0.5, 0.6) is 0 Å². The first-order chi connectivity index (χ1) is 10.2. The molecule has 3 saturated carbocycles. The van der Waals surface area contributed by atoms with Crippen molar-refractivity contribution in [3.05, 3.63) is 4.88 Å². The average molecular weight is 306 g/mol. The molecule has 4 rings (SSSR count). The third kappa shape index (κ3) is 2.61. The van der Waals surface area contributed by atoms with E-state index in [1.807, 2.05) is 0 Å². The van der Waals surface area contributed by atoms with Crippen molar-refractivity contribution in [3.8, 4) is 0 Å². The Kier molecular flexibility index (Phi) is 3.10. The summed E-state index contributed by atoms with van der Waals surface area (Å²) in [5.41, 5.74) is 6.32. The number of anilines is 2. The average Bonchev–Trinajstić information content (AvgIpc) is 3.29. The van der Waals surface area contributed by atoms with E-state index in [1.54, 1.807) is 0 Å². The molecule has 0 saturated heterocycles. The van der Waals surface area contributed by atoms with Gasteiger partial charge in [-0.1, -0.05) is 11.3 Å². The predicted octanol–water partition coefficient (Wildman–Crippen LogP) is 2.61. The number of rotatable bonds is 6. The molecular formula is C15H22N4OS. The van der Waals surface area contributed by atoms with E-state index in [0.717, 1.165) is 17.6 Å². The molecular weight excluding hydrogens is 284 g/mol. The van der Waals surface area contributed by atoms with Crippen LogP contribution in [0.2, 0.25) is 0 Å². The van der Waals surface area contributed by atoms with Gasteiger partial charge in [-0.05, 0) is 56.3 Å². The van der Waals surface area contributed by atoms with E-state index in [2.05, 4.69) is 15.6 Å². The number of nitrogens with two attached hydrogens (primary N) is 1. The van der Waals surface area contributed by atoms with Gasteiger partial charge in [-0.2, -0.15) is 0 Å². The van der Waals surface area contributed by atoms with Gasteiger partial charge in [0, 0.05) is 12.6 Å². The molecule has 3 fully saturated rings. The van der Waals surface area contributed by atoms with E-state index in [1.165, 1.54) is 56.3 Å². The molecule has 0 aromatic carbocycles. The van der Waals surface area contributed by atoms with Crippen molar-refractivity contribution in [2.24, 2.45) is 11.3 Å². The monoisotopic (exact) mass is 306 g/mol. The van der Waals surface area contributed by atoms with Crippen molar-refractivity contribution >= 4 is 28.2 Å². The van der Waals surface area contributed by atoms with Gasteiger partial charge in [-0.3, -0.25) is 4.79 Å². The number of carbonyl (C=O) groups is 1. The van der Waals surface area contributed by atoms with Crippen LogP contribution < -0.4 is 16.4 Å². The number of hydrogen-bond donors (Lipinski definition) is 3. The van der Waals surface area contributed by atoms with Crippen molar-refractivity contribution in [3.63, 3.8) is 0 Å². The van der Waals surface area contributed by atoms with Crippen LogP contribution in [0.3, 0.4) is 0 Å². The summed E-state index contributed by atoms with van der Waals surface area (Å²) < 4.78 is 0. The number of carbonyl (C=O) groups excluding carboxylic acids is 1. The zero-order valence-electron chi connectivity index (χ0n) is 12.2. The molecule has 1 aromatic heterocycles. The van der Waals surface area contributed by atoms with Gasteiger partial charge >= 0.3 is 0 Å². The molecule has 3 aliphatic rings. The summed E-state index contributed by atoms with van der Waals surface area (Å²) in [6, 6.07) is 0.510. The fourth-order valence-corrected chi connectivity index (χ4v) is 4.08. The van der Waals surface area contributed by atoms with Gasteiger partial charge < -0.3 is 16.4 Å². The maximum Gasteiger partial charge on any atom is 0.265 e. The standard InChI is InChI=1S/C15H22N4OS/c16-12-11(21-14(19-12)18-10-2-1-3-10)13(20)17-8-15(6-7-15)9-4-5-9/h9-10H,1-8,16H2,(H,17,20)(H,18,19). The minimum absolute atomic E-state index is 0.0569. The van der Waals surface area contributed by atoms with Crippen LogP contribution in [0.25, 0.3) is 0 Å². The Morgan fingerprint density at radius 2 is 2.10 bits per heavy atom. The lowest BCUT2D eigenvalue weighted by atomic mass is 9.93. The second-order valence-electron chi connectivity index (χ2n) is 6.82. The van der Waals surface area contributed by atoms with Crippen molar-refractivity contribution in [1.82, 2.24) is 10.3 Å². The van der Waals surface area contributed by atoms with E-state index in [0.29, 0.717) is 22.2 Å². The second-order valence-corrected chi connectivity index (χ2v) is 7.82. The van der Waals surface area contributed by atoms with Crippen LogP contribution in [-0.2, 0) is 0 Å². The van der Waals surface area contributed by atoms with Gasteiger partial charge in [-0.25, -0.2) is 4.98 Å². The lowest BCUT2D eigenvalue weighted by molar-refractivity contribution is 0.0947. The first-order valence-electron chi connectivity index (χ1n) is 7.97. The SMILES string of the molecule is Nc1nc(NC2CCC2)sc1C(=O)NCC1(C2CC2)CC1. The van der Waals surface area contributed by atoms with Gasteiger partial charge in [-0.15, -0.1) is 0 Å². The predicted molar refractivity (Wildman–Crippen MR) is 84.5 cm³/mol. The number of thiazole rings is 1. The highest BCUT2D eigenvalue weighted by molar-refractivity contribution is 7.18. The summed E-state index contributed by atoms with van der Waals surface area (Å²) >= 11 is 1.38. The Hall–Kier alpha value is -1.30. The Bertz CT molecular complexity index is 558. The largest absolute Gasteiger partial charge is 0.382 e. The van der Waals surface area contributed by atoms with Crippen molar-refractivity contribution in [2.45, 2.75) is 51.0 Å². The lowest BCUT2D eigenvalue weighted by Crippen LogP contribution is -2.31. The zero-order chi connectivity index (χ0) is 14.4. The van der Waals surface area contributed by atoms with E-state index >= 15 is 0 Å². The molecule has 1 amide bonds. The molecule has 0 spiro atoms. The Labute approximate surface area is 128 Å². The van der Waals surface area contributed by atoms with E-state index < -0.39 is 0 Å². The van der Waals surface area contributed by atoms with Crippen LogP contribution >= 0.6 is 11.3 Å². The summed E-state index contributed by atoms with van der Waals surface area (Å²) in [4.78, 5) is 17.2. The van der Waals surface area contributed by atoms with Gasteiger partial charge in [0.05, 0.1) is 0 Å². The quantitative estimate of drug-likeness (QED) is 0.755. The van der Waals surface area contributed by atoms with Crippen LogP contribution in [0.4, 0.5) is 10.9 Å². The molecule has 0 atom stereocenters. The molecule has 4 N–H and O–H groups in total. The maximum atomic E-state index is 12.3. The third-order valence-electron chi connectivity index (χ3n) is 5.23. The van der Waals surface area contributed by atoms with Crippen molar-refractivity contribution in [1.29, 1.82) is 0 Å². The Morgan fingerprint density at radius 1 is 1.33 bits per heavy atom. The number of aromatic nitrogens is 1. The van der Waals surface area contributed by atoms with Crippen LogP contribution in [-0.4, -0.2) is 23.5 Å². The molecule has 0 bridgehead atoms. The minimum Gasteiger partial charge on any atom is -0.382 e. The summed E-state index contributed by atoms with van der Waals surface area (Å²) in [6.07, 6.45) is 8.86. The number of nitrogens with one attached hydrogen (secondary N) is 2. The highest BCUT2D eigenvalue weighted by Crippen LogP contribution is 2.60. The van der Waals surface area contributed by atoms with E-state index in [9.17, 15) is 4.79 Å². The maximum absolute atomic E-state index is 12.3. The molecule has 0 unspecified atom stereocenters. The summed E-state index contributed by atoms with van der Waals surface area (Å²) in [6.45, 7) is 0.805. The first-order valence-corrected chi connectivity index (χ1v) is 8.79. The zero-order valence-corrected chi connectivity index (χ0v) is 13.0. The van der Waals surface area contributed by atoms with Crippen molar-refractivity contribution in [2.75, 3.05) is 17.6 Å². The van der Waals surface area contributed by atoms with Gasteiger partial charge in [0.15, 0.2) is 5.13 Å². The normalized spacial score (nSPS) is 23.4. The van der Waals surface area contributed by atoms with Gasteiger partial charge in [0.2, 0.25) is 0 Å². The fraction of sp³-hybridized carbons (Fsp3) is 0.733. The topological polar surface area (TPSA) is 80.0 Å². The molecule has 21 heavy (non-hydrogen) atoms. The smallest absolute Gasteiger partial charge is 0.265 e. The Balaban J connectivity index is 1.36. The molecule has 0 radical (unpaired) electrons. The van der Waals surface area contributed by atoms with E-state index in [4.69, 9.17) is 5.73 Å². The first kappa shape index (κ1) is 13.4. The molecule has 6 heteroatoms. The molecule has 0 aliphatic heterocycles. The fourth-order valence-electron chi connectivity index (χ4n) is 3.21. The lowest BCUT2D eigenvalue weighted by Gasteiger charge is -2.25. The summed E-state index contributed by atoms with van der Waals surface area (Å²) in [5, 5.41) is 7.22. The highest BCUT2D eigenvalue weighted by atomic mass is 32.1. The number of amides is 1.